The Morgan fingerprint density at radius 1 is 0.971 bits per heavy atom. The summed E-state index contributed by atoms with van der Waals surface area (Å²) in [4.78, 5) is 36.8. The number of benzene rings is 2. The normalized spacial score (nSPS) is 14.5. The third-order valence-corrected chi connectivity index (χ3v) is 7.76. The topological polar surface area (TPSA) is 121 Å². The van der Waals surface area contributed by atoms with E-state index < -0.39 is 15.8 Å². The second kappa shape index (κ2) is 10.4. The van der Waals surface area contributed by atoms with Gasteiger partial charge in [-0.25, -0.2) is 0 Å². The second-order valence-electron chi connectivity index (χ2n) is 8.79. The minimum atomic E-state index is -0.456. The molecule has 0 unspecified atom stereocenters. The molecular weight excluding hydrogens is 468 g/mol. The zero-order valence-corrected chi connectivity index (χ0v) is 20.4. The first-order valence-electron chi connectivity index (χ1n) is 11.6. The number of nitrogens with zero attached hydrogens (tertiary/aromatic N) is 4. The van der Waals surface area contributed by atoms with Crippen LogP contribution in [0, 0.1) is 34.1 Å². The van der Waals surface area contributed by atoms with E-state index in [0.29, 0.717) is 17.0 Å². The molecule has 0 aliphatic heterocycles. The van der Waals surface area contributed by atoms with Crippen LogP contribution in [0.4, 0.5) is 11.4 Å². The standard InChI is InChI=1S/C25H26N4O5S/c1-16-24(35-21-12-10-20(11-13-21)28(31)32)17(2)27(26-16)25(30)19-9-14-22(23(15-19)29(33)34)18-7-5-3-4-6-8-18/h9-15,18H,3-8H2,1-2H3. The summed E-state index contributed by atoms with van der Waals surface area (Å²) in [6.07, 6.45) is 6.27. The van der Waals surface area contributed by atoms with Crippen molar-refractivity contribution in [1.82, 2.24) is 9.78 Å². The molecule has 1 aromatic heterocycles. The third kappa shape index (κ3) is 5.27. The van der Waals surface area contributed by atoms with Crippen LogP contribution in [0.15, 0.2) is 52.3 Å². The van der Waals surface area contributed by atoms with Crippen molar-refractivity contribution >= 4 is 29.0 Å². The molecule has 0 atom stereocenters. The van der Waals surface area contributed by atoms with E-state index in [4.69, 9.17) is 0 Å². The minimum Gasteiger partial charge on any atom is -0.267 e. The van der Waals surface area contributed by atoms with Gasteiger partial charge in [0.1, 0.15) is 0 Å². The van der Waals surface area contributed by atoms with Crippen molar-refractivity contribution in [3.8, 4) is 0 Å². The van der Waals surface area contributed by atoms with Crippen LogP contribution in [-0.2, 0) is 0 Å². The Kier molecular flexibility index (Phi) is 7.30. The highest BCUT2D eigenvalue weighted by atomic mass is 32.2. The van der Waals surface area contributed by atoms with E-state index in [2.05, 4.69) is 5.10 Å². The first kappa shape index (κ1) is 24.6. The number of nitro benzene ring substituents is 2. The van der Waals surface area contributed by atoms with Gasteiger partial charge in [0.05, 0.1) is 26.1 Å². The summed E-state index contributed by atoms with van der Waals surface area (Å²) in [5.74, 6) is -0.294. The lowest BCUT2D eigenvalue weighted by Crippen LogP contribution is -2.16. The lowest BCUT2D eigenvalue weighted by molar-refractivity contribution is -0.385. The summed E-state index contributed by atoms with van der Waals surface area (Å²) in [5.41, 5.74) is 2.14. The van der Waals surface area contributed by atoms with Gasteiger partial charge in [-0.15, -0.1) is 0 Å². The molecule has 1 aliphatic rings. The molecule has 3 aromatic rings. The summed E-state index contributed by atoms with van der Waals surface area (Å²) in [5, 5.41) is 27.2. The van der Waals surface area contributed by atoms with E-state index in [-0.39, 0.29) is 22.9 Å². The smallest absolute Gasteiger partial charge is 0.267 e. The lowest BCUT2D eigenvalue weighted by Gasteiger charge is -2.15. The quantitative estimate of drug-likeness (QED) is 0.215. The van der Waals surface area contributed by atoms with Crippen molar-refractivity contribution in [3.63, 3.8) is 0 Å². The average molecular weight is 495 g/mol. The molecule has 2 aromatic carbocycles. The van der Waals surface area contributed by atoms with Crippen LogP contribution < -0.4 is 0 Å². The van der Waals surface area contributed by atoms with Crippen molar-refractivity contribution in [3.05, 3.63) is 85.2 Å². The molecule has 0 saturated heterocycles. The maximum atomic E-state index is 13.3. The number of nitro groups is 2. The predicted octanol–water partition coefficient (Wildman–Crippen LogP) is 6.59. The Bertz CT molecular complexity index is 1280. The van der Waals surface area contributed by atoms with Gasteiger partial charge >= 0.3 is 0 Å². The highest BCUT2D eigenvalue weighted by Gasteiger charge is 2.26. The van der Waals surface area contributed by atoms with Crippen LogP contribution in [0.2, 0.25) is 0 Å². The molecule has 0 N–H and O–H groups in total. The monoisotopic (exact) mass is 494 g/mol. The maximum absolute atomic E-state index is 13.3. The van der Waals surface area contributed by atoms with E-state index in [9.17, 15) is 25.0 Å². The number of rotatable bonds is 6. The van der Waals surface area contributed by atoms with Gasteiger partial charge in [0.2, 0.25) is 0 Å². The van der Waals surface area contributed by atoms with Crippen LogP contribution in [0.25, 0.3) is 0 Å². The Morgan fingerprint density at radius 3 is 2.23 bits per heavy atom. The third-order valence-electron chi connectivity index (χ3n) is 6.45. The van der Waals surface area contributed by atoms with Crippen LogP contribution >= 0.6 is 11.8 Å². The summed E-state index contributed by atoms with van der Waals surface area (Å²) >= 11 is 1.36. The molecule has 35 heavy (non-hydrogen) atoms. The highest BCUT2D eigenvalue weighted by molar-refractivity contribution is 7.99. The molecule has 0 radical (unpaired) electrons. The molecule has 1 aliphatic carbocycles. The molecule has 4 rings (SSSR count). The second-order valence-corrected chi connectivity index (χ2v) is 9.87. The lowest BCUT2D eigenvalue weighted by atomic mass is 9.89. The van der Waals surface area contributed by atoms with Gasteiger partial charge in [-0.05, 0) is 50.8 Å². The van der Waals surface area contributed by atoms with Gasteiger partial charge in [-0.2, -0.15) is 9.78 Å². The number of aromatic nitrogens is 2. The van der Waals surface area contributed by atoms with Crippen LogP contribution in [0.1, 0.15) is 71.8 Å². The molecule has 1 saturated carbocycles. The van der Waals surface area contributed by atoms with Gasteiger partial charge in [0.25, 0.3) is 17.3 Å². The largest absolute Gasteiger partial charge is 0.278 e. The van der Waals surface area contributed by atoms with E-state index in [1.165, 1.54) is 34.6 Å². The van der Waals surface area contributed by atoms with Gasteiger partial charge in [0, 0.05) is 34.2 Å². The molecule has 1 heterocycles. The van der Waals surface area contributed by atoms with Gasteiger partial charge in [-0.3, -0.25) is 25.0 Å². The van der Waals surface area contributed by atoms with Crippen molar-refractivity contribution in [1.29, 1.82) is 0 Å². The Balaban J connectivity index is 1.62. The van der Waals surface area contributed by atoms with E-state index >= 15 is 0 Å². The van der Waals surface area contributed by atoms with Crippen molar-refractivity contribution in [2.24, 2.45) is 0 Å². The number of non-ortho nitro benzene ring substituents is 1. The molecule has 0 bridgehead atoms. The van der Waals surface area contributed by atoms with Crippen LogP contribution in [-0.4, -0.2) is 25.5 Å². The molecule has 0 amide bonds. The minimum absolute atomic E-state index is 0.00237. The van der Waals surface area contributed by atoms with Crippen LogP contribution in [0.3, 0.4) is 0 Å². The van der Waals surface area contributed by atoms with Gasteiger partial charge in [0.15, 0.2) is 0 Å². The fourth-order valence-corrected chi connectivity index (χ4v) is 5.55. The predicted molar refractivity (Wildman–Crippen MR) is 132 cm³/mol. The summed E-state index contributed by atoms with van der Waals surface area (Å²) < 4.78 is 1.27. The molecule has 0 spiro atoms. The molecular formula is C25H26N4O5S. The van der Waals surface area contributed by atoms with Crippen molar-refractivity contribution in [2.45, 2.75) is 68.1 Å². The number of aryl methyl sites for hydroxylation is 1. The van der Waals surface area contributed by atoms with Crippen LogP contribution in [0.5, 0.6) is 0 Å². The van der Waals surface area contributed by atoms with E-state index in [1.807, 2.05) is 0 Å². The van der Waals surface area contributed by atoms with E-state index in [0.717, 1.165) is 48.3 Å². The molecule has 10 heteroatoms. The number of carbonyl (C=O) groups excluding carboxylic acids is 1. The number of hydrogen-bond acceptors (Lipinski definition) is 7. The summed E-state index contributed by atoms with van der Waals surface area (Å²) in [6, 6.07) is 10.9. The zero-order chi connectivity index (χ0) is 25.1. The average Bonchev–Trinajstić information content (AvgIpc) is 3.02. The Morgan fingerprint density at radius 2 is 1.63 bits per heavy atom. The number of hydrogen-bond donors (Lipinski definition) is 0. The SMILES string of the molecule is Cc1nn(C(=O)c2ccc(C3CCCCCC3)c([N+](=O)[O-])c2)c(C)c1Sc1ccc([N+](=O)[O-])cc1. The first-order chi connectivity index (χ1) is 16.8. The van der Waals surface area contributed by atoms with Crippen molar-refractivity contribution in [2.75, 3.05) is 0 Å². The van der Waals surface area contributed by atoms with E-state index in [1.54, 1.807) is 38.1 Å². The zero-order valence-electron chi connectivity index (χ0n) is 19.6. The maximum Gasteiger partial charge on any atom is 0.278 e. The summed E-state index contributed by atoms with van der Waals surface area (Å²) in [7, 11) is 0. The fraction of sp³-hybridized carbons (Fsp3) is 0.360. The number of carbonyl (C=O) groups is 1. The van der Waals surface area contributed by atoms with Crippen molar-refractivity contribution < 1.29 is 14.6 Å². The fourth-order valence-electron chi connectivity index (χ4n) is 4.62. The first-order valence-corrected chi connectivity index (χ1v) is 12.4. The molecule has 9 nitrogen and oxygen atoms in total. The van der Waals surface area contributed by atoms with Gasteiger partial charge in [-0.1, -0.05) is 43.5 Å². The molecule has 1 fully saturated rings. The van der Waals surface area contributed by atoms with Gasteiger partial charge < -0.3 is 0 Å². The Hall–Kier alpha value is -3.53. The summed E-state index contributed by atoms with van der Waals surface area (Å²) in [6.45, 7) is 3.54. The Labute approximate surface area is 206 Å². The highest BCUT2D eigenvalue weighted by Crippen LogP contribution is 2.38. The molecule has 182 valence electrons.